The number of hydrogen-bond donors (Lipinski definition) is 1. The molecule has 6 nitrogen and oxygen atoms in total. The Morgan fingerprint density at radius 1 is 0.750 bits per heavy atom. The lowest BCUT2D eigenvalue weighted by Crippen LogP contribution is -2.35. The number of carbonyl (C=O) groups excluding carboxylic acids is 2. The van der Waals surface area contributed by atoms with Gasteiger partial charge in [0.05, 0.1) is 5.69 Å². The van der Waals surface area contributed by atoms with Crippen LogP contribution in [-0.4, -0.2) is 26.6 Å². The van der Waals surface area contributed by atoms with Crippen molar-refractivity contribution >= 4 is 11.7 Å². The minimum Gasteiger partial charge on any atom is -0.335 e. The first-order chi connectivity index (χ1) is 11.8. The number of aromatic nitrogens is 3. The second-order valence-corrected chi connectivity index (χ2v) is 4.96. The van der Waals surface area contributed by atoms with Crippen LogP contribution in [0.2, 0.25) is 0 Å². The minimum absolute atomic E-state index is 0.229. The Hall–Kier alpha value is -3.41. The second-order valence-electron chi connectivity index (χ2n) is 4.96. The molecule has 3 aromatic rings. The molecule has 1 N–H and O–H groups in total. The standard InChI is InChI=1S/C18H14N4O2/c23-17(14-8-2-5-11-20-14)16(13-7-1-4-10-19-13)22-18(24)15-9-3-6-12-21-15/h1-12,16H,(H,22,24). The maximum absolute atomic E-state index is 12.8. The first kappa shape index (κ1) is 15.5. The van der Waals surface area contributed by atoms with E-state index in [4.69, 9.17) is 0 Å². The van der Waals surface area contributed by atoms with Gasteiger partial charge in [-0.3, -0.25) is 24.5 Å². The van der Waals surface area contributed by atoms with E-state index in [0.29, 0.717) is 5.69 Å². The van der Waals surface area contributed by atoms with Gasteiger partial charge < -0.3 is 5.32 Å². The molecule has 3 aromatic heterocycles. The van der Waals surface area contributed by atoms with Crippen LogP contribution in [0.5, 0.6) is 0 Å². The summed E-state index contributed by atoms with van der Waals surface area (Å²) in [6.45, 7) is 0. The third-order valence-electron chi connectivity index (χ3n) is 3.34. The van der Waals surface area contributed by atoms with E-state index >= 15 is 0 Å². The maximum atomic E-state index is 12.8. The number of rotatable bonds is 5. The zero-order chi connectivity index (χ0) is 16.8. The predicted molar refractivity (Wildman–Crippen MR) is 87.2 cm³/mol. The van der Waals surface area contributed by atoms with Gasteiger partial charge in [-0.25, -0.2) is 0 Å². The smallest absolute Gasteiger partial charge is 0.270 e. The summed E-state index contributed by atoms with van der Waals surface area (Å²) in [6.07, 6.45) is 4.62. The van der Waals surface area contributed by atoms with Crippen molar-refractivity contribution in [1.82, 2.24) is 20.3 Å². The number of nitrogens with one attached hydrogen (secondary N) is 1. The van der Waals surface area contributed by atoms with Crippen LogP contribution < -0.4 is 5.32 Å². The van der Waals surface area contributed by atoms with Crippen LogP contribution in [-0.2, 0) is 0 Å². The molecule has 1 amide bonds. The third kappa shape index (κ3) is 3.49. The van der Waals surface area contributed by atoms with E-state index in [1.165, 1.54) is 12.4 Å². The van der Waals surface area contributed by atoms with Crippen LogP contribution in [0.4, 0.5) is 0 Å². The van der Waals surface area contributed by atoms with Crippen LogP contribution in [0.15, 0.2) is 73.2 Å². The largest absolute Gasteiger partial charge is 0.335 e. The topological polar surface area (TPSA) is 84.8 Å². The number of pyridine rings is 3. The summed E-state index contributed by atoms with van der Waals surface area (Å²) < 4.78 is 0. The number of hydrogen-bond acceptors (Lipinski definition) is 5. The Morgan fingerprint density at radius 3 is 1.88 bits per heavy atom. The molecule has 0 fully saturated rings. The first-order valence-electron chi connectivity index (χ1n) is 7.34. The molecule has 1 atom stereocenters. The van der Waals surface area contributed by atoms with Crippen LogP contribution in [0.1, 0.15) is 32.7 Å². The van der Waals surface area contributed by atoms with Crippen LogP contribution in [0.3, 0.4) is 0 Å². The summed E-state index contributed by atoms with van der Waals surface area (Å²) in [5.41, 5.74) is 0.930. The molecule has 0 saturated carbocycles. The van der Waals surface area contributed by atoms with E-state index in [9.17, 15) is 9.59 Å². The van der Waals surface area contributed by atoms with Gasteiger partial charge in [-0.2, -0.15) is 0 Å². The quantitative estimate of drug-likeness (QED) is 0.729. The fraction of sp³-hybridized carbons (Fsp3) is 0.0556. The molecule has 3 rings (SSSR count). The van der Waals surface area contributed by atoms with Gasteiger partial charge in [0.1, 0.15) is 17.4 Å². The van der Waals surface area contributed by atoms with Crippen LogP contribution in [0.25, 0.3) is 0 Å². The van der Waals surface area contributed by atoms with Crippen molar-refractivity contribution in [2.24, 2.45) is 0 Å². The van der Waals surface area contributed by atoms with Gasteiger partial charge in [0.25, 0.3) is 5.91 Å². The highest BCUT2D eigenvalue weighted by Crippen LogP contribution is 2.16. The molecule has 3 heterocycles. The molecule has 24 heavy (non-hydrogen) atoms. The van der Waals surface area contributed by atoms with E-state index in [2.05, 4.69) is 20.3 Å². The van der Waals surface area contributed by atoms with Crippen molar-refractivity contribution in [1.29, 1.82) is 0 Å². The van der Waals surface area contributed by atoms with Crippen molar-refractivity contribution in [3.8, 4) is 0 Å². The summed E-state index contributed by atoms with van der Waals surface area (Å²) in [6, 6.07) is 14.3. The fourth-order valence-corrected chi connectivity index (χ4v) is 2.18. The summed E-state index contributed by atoms with van der Waals surface area (Å²) in [4.78, 5) is 37.4. The molecule has 0 aliphatic carbocycles. The molecular weight excluding hydrogens is 304 g/mol. The number of ketones is 1. The third-order valence-corrected chi connectivity index (χ3v) is 3.34. The molecule has 0 aromatic carbocycles. The Balaban J connectivity index is 1.91. The highest BCUT2D eigenvalue weighted by molar-refractivity contribution is 6.03. The molecule has 0 aliphatic heterocycles. The number of Topliss-reactive ketones (excluding diaryl/α,β-unsaturated/α-hetero) is 1. The van der Waals surface area contributed by atoms with Crippen molar-refractivity contribution in [3.63, 3.8) is 0 Å². The summed E-state index contributed by atoms with van der Waals surface area (Å²) in [5, 5.41) is 2.69. The van der Waals surface area contributed by atoms with Crippen molar-refractivity contribution in [2.45, 2.75) is 6.04 Å². The zero-order valence-corrected chi connectivity index (χ0v) is 12.7. The SMILES string of the molecule is O=C(NC(C(=O)c1ccccn1)c1ccccn1)c1ccccn1. The van der Waals surface area contributed by atoms with E-state index in [1.807, 2.05) is 0 Å². The van der Waals surface area contributed by atoms with Gasteiger partial charge in [0, 0.05) is 18.6 Å². The Kier molecular flexibility index (Phi) is 4.67. The lowest BCUT2D eigenvalue weighted by Gasteiger charge is -2.16. The number of amides is 1. The minimum atomic E-state index is -0.935. The van der Waals surface area contributed by atoms with Gasteiger partial charge in [-0.05, 0) is 36.4 Å². The molecule has 118 valence electrons. The van der Waals surface area contributed by atoms with Crippen LogP contribution >= 0.6 is 0 Å². The van der Waals surface area contributed by atoms with Gasteiger partial charge in [0.2, 0.25) is 5.78 Å². The van der Waals surface area contributed by atoms with E-state index in [-0.39, 0.29) is 17.2 Å². The van der Waals surface area contributed by atoms with Crippen molar-refractivity contribution < 1.29 is 9.59 Å². The van der Waals surface area contributed by atoms with Crippen molar-refractivity contribution in [3.05, 3.63) is 90.3 Å². The Labute approximate surface area is 138 Å². The molecular formula is C18H14N4O2. The molecule has 1 unspecified atom stereocenters. The molecule has 0 aliphatic rings. The molecule has 0 radical (unpaired) electrons. The van der Waals surface area contributed by atoms with Gasteiger partial charge in [0.15, 0.2) is 0 Å². The molecule has 6 heteroatoms. The van der Waals surface area contributed by atoms with E-state index < -0.39 is 11.9 Å². The lowest BCUT2D eigenvalue weighted by molar-refractivity contribution is 0.0849. The van der Waals surface area contributed by atoms with E-state index in [0.717, 1.165) is 0 Å². The fourth-order valence-electron chi connectivity index (χ4n) is 2.18. The van der Waals surface area contributed by atoms with Gasteiger partial charge in [-0.15, -0.1) is 0 Å². The zero-order valence-electron chi connectivity index (χ0n) is 12.7. The molecule has 0 saturated heterocycles. The maximum Gasteiger partial charge on any atom is 0.270 e. The summed E-state index contributed by atoms with van der Waals surface area (Å²) in [7, 11) is 0. The average Bonchev–Trinajstić information content (AvgIpc) is 2.67. The monoisotopic (exact) mass is 318 g/mol. The summed E-state index contributed by atoms with van der Waals surface area (Å²) >= 11 is 0. The normalized spacial score (nSPS) is 11.5. The molecule has 0 bridgehead atoms. The highest BCUT2D eigenvalue weighted by atomic mass is 16.2. The van der Waals surface area contributed by atoms with E-state index in [1.54, 1.807) is 60.8 Å². The first-order valence-corrected chi connectivity index (χ1v) is 7.34. The summed E-state index contributed by atoms with van der Waals surface area (Å²) in [5.74, 6) is -0.783. The number of carbonyl (C=O) groups is 2. The highest BCUT2D eigenvalue weighted by Gasteiger charge is 2.26. The lowest BCUT2D eigenvalue weighted by atomic mass is 10.0. The number of nitrogens with zero attached hydrogens (tertiary/aromatic N) is 3. The predicted octanol–water partition coefficient (Wildman–Crippen LogP) is 2.23. The average molecular weight is 318 g/mol. The van der Waals surface area contributed by atoms with Gasteiger partial charge >= 0.3 is 0 Å². The molecule has 0 spiro atoms. The Bertz CT molecular complexity index is 823. The second kappa shape index (κ2) is 7.23. The van der Waals surface area contributed by atoms with Gasteiger partial charge in [-0.1, -0.05) is 18.2 Å². The van der Waals surface area contributed by atoms with Crippen LogP contribution in [0, 0.1) is 0 Å². The Morgan fingerprint density at radius 2 is 1.33 bits per heavy atom. The van der Waals surface area contributed by atoms with Crippen molar-refractivity contribution in [2.75, 3.05) is 0 Å².